The van der Waals surface area contributed by atoms with Crippen LogP contribution in [0.3, 0.4) is 0 Å². The summed E-state index contributed by atoms with van der Waals surface area (Å²) in [6.07, 6.45) is 0. The summed E-state index contributed by atoms with van der Waals surface area (Å²) in [5, 5.41) is 7.51. The molecule has 0 aliphatic rings. The van der Waals surface area contributed by atoms with Crippen LogP contribution in [-0.4, -0.2) is 4.57 Å². The molecule has 31 heavy (non-hydrogen) atoms. The Morgan fingerprint density at radius 1 is 0.581 bits per heavy atom. The van der Waals surface area contributed by atoms with Crippen LogP contribution in [0.5, 0.6) is 0 Å². The molecule has 0 amide bonds. The Balaban J connectivity index is 1.65. The molecule has 0 aliphatic carbocycles. The third-order valence-electron chi connectivity index (χ3n) is 6.51. The van der Waals surface area contributed by atoms with Crippen LogP contribution in [0.4, 0.5) is 0 Å². The smallest absolute Gasteiger partial charge is 0.135 e. The van der Waals surface area contributed by atoms with Crippen LogP contribution in [0, 0.1) is 6.92 Å². The third-order valence-corrected chi connectivity index (χ3v) is 6.51. The maximum atomic E-state index is 6.13. The van der Waals surface area contributed by atoms with Gasteiger partial charge < -0.3 is 8.98 Å². The maximum absolute atomic E-state index is 6.13. The minimum atomic E-state index is 0.930. The molecule has 0 radical (unpaired) electrons. The highest BCUT2D eigenvalue weighted by Gasteiger charge is 2.16. The van der Waals surface area contributed by atoms with Gasteiger partial charge in [0.25, 0.3) is 0 Å². The first kappa shape index (κ1) is 16.7. The molecule has 0 spiro atoms. The molecule has 2 heteroatoms. The molecule has 0 unspecified atom stereocenters. The zero-order valence-electron chi connectivity index (χ0n) is 17.1. The van der Waals surface area contributed by atoms with Crippen LogP contribution in [0.1, 0.15) is 5.56 Å². The van der Waals surface area contributed by atoms with E-state index in [2.05, 4.69) is 109 Å². The molecule has 0 bridgehead atoms. The van der Waals surface area contributed by atoms with Gasteiger partial charge in [-0.05, 0) is 59.7 Å². The largest absolute Gasteiger partial charge is 0.456 e. The summed E-state index contributed by atoms with van der Waals surface area (Å²) in [7, 11) is 0. The summed E-state index contributed by atoms with van der Waals surface area (Å²) in [6, 6.07) is 34.6. The highest BCUT2D eigenvalue weighted by atomic mass is 16.3. The molecule has 0 saturated carbocycles. The zero-order valence-corrected chi connectivity index (χ0v) is 17.1. The Kier molecular flexibility index (Phi) is 3.23. The van der Waals surface area contributed by atoms with Crippen LogP contribution in [0.15, 0.2) is 101 Å². The van der Waals surface area contributed by atoms with Crippen LogP contribution < -0.4 is 0 Å². The summed E-state index contributed by atoms with van der Waals surface area (Å²) in [6.45, 7) is 2.15. The zero-order chi connectivity index (χ0) is 20.5. The number of nitrogens with zero attached hydrogens (tertiary/aromatic N) is 1. The van der Waals surface area contributed by atoms with Gasteiger partial charge in [-0.3, -0.25) is 0 Å². The highest BCUT2D eigenvalue weighted by molar-refractivity contribution is 6.21. The monoisotopic (exact) mass is 397 g/mol. The molecule has 0 fully saturated rings. The second-order valence-corrected chi connectivity index (χ2v) is 8.26. The van der Waals surface area contributed by atoms with Crippen molar-refractivity contribution in [2.24, 2.45) is 0 Å². The van der Waals surface area contributed by atoms with Gasteiger partial charge in [-0.15, -0.1) is 0 Å². The summed E-state index contributed by atoms with van der Waals surface area (Å²) in [5.41, 5.74) is 6.71. The van der Waals surface area contributed by atoms with Gasteiger partial charge in [0.2, 0.25) is 0 Å². The first-order valence-corrected chi connectivity index (χ1v) is 10.6. The molecule has 7 aromatic rings. The van der Waals surface area contributed by atoms with E-state index >= 15 is 0 Å². The van der Waals surface area contributed by atoms with E-state index in [1.165, 1.54) is 43.5 Å². The predicted octanol–water partition coefficient (Wildman–Crippen LogP) is 8.14. The van der Waals surface area contributed by atoms with E-state index in [0.29, 0.717) is 0 Å². The molecular formula is C29H19NO. The molecule has 5 aromatic carbocycles. The number of furan rings is 1. The quantitative estimate of drug-likeness (QED) is 0.273. The second kappa shape index (κ2) is 5.99. The Hall–Kier alpha value is -4.04. The topological polar surface area (TPSA) is 18.1 Å². The van der Waals surface area contributed by atoms with Gasteiger partial charge in [0, 0.05) is 27.2 Å². The molecule has 0 N–H and O–H groups in total. The van der Waals surface area contributed by atoms with Crippen molar-refractivity contribution in [1.82, 2.24) is 4.57 Å². The Labute approximate surface area is 178 Å². The highest BCUT2D eigenvalue weighted by Crippen LogP contribution is 2.38. The molecule has 7 rings (SSSR count). The first-order chi connectivity index (χ1) is 15.3. The lowest BCUT2D eigenvalue weighted by Crippen LogP contribution is -1.93. The van der Waals surface area contributed by atoms with Gasteiger partial charge >= 0.3 is 0 Å². The number of hydrogen-bond acceptors (Lipinski definition) is 1. The average molecular weight is 397 g/mol. The molecule has 0 atom stereocenters. The number of benzene rings is 5. The minimum Gasteiger partial charge on any atom is -0.456 e. The Bertz CT molecular complexity index is 1800. The van der Waals surface area contributed by atoms with E-state index in [0.717, 1.165) is 22.2 Å². The van der Waals surface area contributed by atoms with E-state index in [4.69, 9.17) is 4.42 Å². The maximum Gasteiger partial charge on any atom is 0.135 e. The molecule has 2 heterocycles. The first-order valence-electron chi connectivity index (χ1n) is 10.6. The van der Waals surface area contributed by atoms with Crippen molar-refractivity contribution in [3.05, 3.63) is 103 Å². The van der Waals surface area contributed by atoms with E-state index in [1.54, 1.807) is 0 Å². The van der Waals surface area contributed by atoms with Crippen LogP contribution in [0.2, 0.25) is 0 Å². The van der Waals surface area contributed by atoms with Gasteiger partial charge in [-0.2, -0.15) is 0 Å². The van der Waals surface area contributed by atoms with Crippen molar-refractivity contribution < 1.29 is 4.42 Å². The van der Waals surface area contributed by atoms with E-state index in [1.807, 2.05) is 0 Å². The van der Waals surface area contributed by atoms with Crippen molar-refractivity contribution in [3.63, 3.8) is 0 Å². The number of aryl methyl sites for hydroxylation is 1. The summed E-state index contributed by atoms with van der Waals surface area (Å²) in [5.74, 6) is 0. The van der Waals surface area contributed by atoms with E-state index in [-0.39, 0.29) is 0 Å². The number of para-hydroxylation sites is 1. The van der Waals surface area contributed by atoms with Crippen molar-refractivity contribution in [2.75, 3.05) is 0 Å². The van der Waals surface area contributed by atoms with Gasteiger partial charge in [-0.1, -0.05) is 60.7 Å². The number of fused-ring (bicyclic) bond motifs is 8. The molecule has 0 aliphatic heterocycles. The van der Waals surface area contributed by atoms with Crippen molar-refractivity contribution in [2.45, 2.75) is 6.92 Å². The molecule has 146 valence electrons. The normalized spacial score (nSPS) is 12.0. The van der Waals surface area contributed by atoms with Crippen molar-refractivity contribution in [1.29, 1.82) is 0 Å². The lowest BCUT2D eigenvalue weighted by molar-refractivity contribution is 0.668. The number of aromatic nitrogens is 1. The minimum absolute atomic E-state index is 0.930. The van der Waals surface area contributed by atoms with Crippen LogP contribution in [0.25, 0.3) is 60.2 Å². The third kappa shape index (κ3) is 2.22. The fourth-order valence-electron chi connectivity index (χ4n) is 5.15. The van der Waals surface area contributed by atoms with Crippen molar-refractivity contribution in [3.8, 4) is 5.69 Å². The fourth-order valence-corrected chi connectivity index (χ4v) is 5.15. The summed E-state index contributed by atoms with van der Waals surface area (Å²) < 4.78 is 8.51. The summed E-state index contributed by atoms with van der Waals surface area (Å²) in [4.78, 5) is 0. The molecule has 2 nitrogen and oxygen atoms in total. The lowest BCUT2D eigenvalue weighted by Gasteiger charge is -2.08. The van der Waals surface area contributed by atoms with Crippen molar-refractivity contribution >= 4 is 54.5 Å². The predicted molar refractivity (Wildman–Crippen MR) is 130 cm³/mol. The van der Waals surface area contributed by atoms with Crippen LogP contribution in [-0.2, 0) is 0 Å². The fraction of sp³-hybridized carbons (Fsp3) is 0.0345. The second-order valence-electron chi connectivity index (χ2n) is 8.26. The number of rotatable bonds is 1. The van der Waals surface area contributed by atoms with E-state index in [9.17, 15) is 0 Å². The van der Waals surface area contributed by atoms with Gasteiger partial charge in [0.05, 0.1) is 11.0 Å². The number of hydrogen-bond donors (Lipinski definition) is 0. The molecule has 2 aromatic heterocycles. The Morgan fingerprint density at radius 3 is 2.35 bits per heavy atom. The van der Waals surface area contributed by atoms with Gasteiger partial charge in [0.15, 0.2) is 0 Å². The van der Waals surface area contributed by atoms with Gasteiger partial charge in [0.1, 0.15) is 11.2 Å². The standard InChI is InChI=1S/C29H19NO/c1-18-7-6-12-27-28(18)23-17-20(14-16-26(23)31-27)30-24-11-5-4-10-22(24)29-21-9-3-2-8-19(21)13-15-25(29)30/h2-17H,1H3. The van der Waals surface area contributed by atoms with Crippen LogP contribution >= 0.6 is 0 Å². The molecule has 0 saturated heterocycles. The van der Waals surface area contributed by atoms with E-state index < -0.39 is 0 Å². The average Bonchev–Trinajstić information content (AvgIpc) is 3.35. The molecular weight excluding hydrogens is 378 g/mol. The summed E-state index contributed by atoms with van der Waals surface area (Å²) >= 11 is 0. The SMILES string of the molecule is Cc1cccc2oc3ccc(-n4c5ccccc5c5c6ccccc6ccc54)cc3c12. The lowest BCUT2D eigenvalue weighted by atomic mass is 10.0. The van der Waals surface area contributed by atoms with Gasteiger partial charge in [-0.25, -0.2) is 0 Å². The Morgan fingerprint density at radius 2 is 1.42 bits per heavy atom.